The summed E-state index contributed by atoms with van der Waals surface area (Å²) in [5.41, 5.74) is 1.96. The number of hydrogen-bond donors (Lipinski definition) is 0. The minimum absolute atomic E-state index is 0.0238. The van der Waals surface area contributed by atoms with E-state index in [0.29, 0.717) is 13.1 Å². The second-order valence-electron chi connectivity index (χ2n) is 7.67. The monoisotopic (exact) mass is 392 g/mol. The van der Waals surface area contributed by atoms with Crippen molar-refractivity contribution < 1.29 is 19.1 Å². The van der Waals surface area contributed by atoms with Crippen molar-refractivity contribution in [3.8, 4) is 0 Å². The Morgan fingerprint density at radius 1 is 0.966 bits per heavy atom. The molecule has 0 bridgehead atoms. The third kappa shape index (κ3) is 3.93. The van der Waals surface area contributed by atoms with Gasteiger partial charge in [-0.15, -0.1) is 0 Å². The van der Waals surface area contributed by atoms with Crippen LogP contribution in [0.5, 0.6) is 0 Å². The highest BCUT2D eigenvalue weighted by molar-refractivity contribution is 6.06. The molecule has 4 rings (SSSR count). The number of ether oxygens (including phenoxy) is 1. The van der Waals surface area contributed by atoms with E-state index in [9.17, 15) is 14.4 Å². The molecule has 0 aliphatic carbocycles. The van der Waals surface area contributed by atoms with Gasteiger partial charge in [0, 0.05) is 26.6 Å². The van der Waals surface area contributed by atoms with Crippen LogP contribution in [0.3, 0.4) is 0 Å². The van der Waals surface area contributed by atoms with Crippen molar-refractivity contribution in [2.45, 2.75) is 19.5 Å². The Morgan fingerprint density at radius 3 is 2.07 bits per heavy atom. The maximum atomic E-state index is 13.2. The number of benzene rings is 2. The largest absolute Gasteiger partial charge is 0.463 e. The summed E-state index contributed by atoms with van der Waals surface area (Å²) in [4.78, 5) is 41.2. The van der Waals surface area contributed by atoms with Gasteiger partial charge in [-0.25, -0.2) is 0 Å². The fourth-order valence-electron chi connectivity index (χ4n) is 4.32. The average Bonchev–Trinajstić information content (AvgIpc) is 3.23. The Hall–Kier alpha value is -2.99. The first-order valence-corrected chi connectivity index (χ1v) is 9.86. The molecule has 2 aliphatic rings. The van der Waals surface area contributed by atoms with Gasteiger partial charge in [0.05, 0.1) is 17.9 Å². The highest BCUT2D eigenvalue weighted by Gasteiger charge is 2.54. The van der Waals surface area contributed by atoms with Crippen LogP contribution in [0.15, 0.2) is 60.7 Å². The number of rotatable bonds is 6. The normalized spacial score (nSPS) is 22.6. The van der Waals surface area contributed by atoms with Crippen molar-refractivity contribution >= 4 is 17.8 Å². The Morgan fingerprint density at radius 2 is 1.52 bits per heavy atom. The van der Waals surface area contributed by atoms with Crippen LogP contribution < -0.4 is 0 Å². The van der Waals surface area contributed by atoms with Gasteiger partial charge in [-0.1, -0.05) is 60.7 Å². The number of hydrogen-bond acceptors (Lipinski definition) is 5. The molecule has 2 fully saturated rings. The minimum Gasteiger partial charge on any atom is -0.463 e. The van der Waals surface area contributed by atoms with E-state index in [4.69, 9.17) is 4.74 Å². The first-order chi connectivity index (χ1) is 14.0. The van der Waals surface area contributed by atoms with E-state index in [1.807, 2.05) is 48.5 Å². The molecular weight excluding hydrogens is 368 g/mol. The molecule has 0 radical (unpaired) electrons. The molecule has 2 aliphatic heterocycles. The van der Waals surface area contributed by atoms with Crippen LogP contribution in [0, 0.1) is 11.8 Å². The molecule has 6 nitrogen and oxygen atoms in total. The van der Waals surface area contributed by atoms with Crippen LogP contribution >= 0.6 is 0 Å². The number of likely N-dealkylation sites (tertiary alicyclic amines) is 2. The lowest BCUT2D eigenvalue weighted by Crippen LogP contribution is -2.40. The molecular formula is C23H24N2O4. The standard InChI is InChI=1S/C23H24N2O4/c1-16(26)29-15-21(18-10-6-3-7-11-18)25-22(27)19-13-24(14-20(19)23(25)28)12-17-8-4-2-5-9-17/h2-11,19-21H,12-15H2,1H3/t19-,20+,21-/m1/s1. The fourth-order valence-corrected chi connectivity index (χ4v) is 4.32. The molecule has 3 atom stereocenters. The van der Waals surface area contributed by atoms with Gasteiger partial charge in [0.2, 0.25) is 11.8 Å². The molecule has 6 heteroatoms. The Bertz CT molecular complexity index is 876. The summed E-state index contributed by atoms with van der Waals surface area (Å²) in [7, 11) is 0. The molecule has 2 saturated heterocycles. The average molecular weight is 392 g/mol. The highest BCUT2D eigenvalue weighted by Crippen LogP contribution is 2.38. The lowest BCUT2D eigenvalue weighted by Gasteiger charge is -2.28. The molecule has 2 aromatic carbocycles. The second-order valence-corrected chi connectivity index (χ2v) is 7.67. The molecule has 2 aromatic rings. The quantitative estimate of drug-likeness (QED) is 0.558. The van der Waals surface area contributed by atoms with Crippen LogP contribution in [-0.2, 0) is 25.7 Å². The molecule has 0 aromatic heterocycles. The van der Waals surface area contributed by atoms with Crippen molar-refractivity contribution in [2.75, 3.05) is 19.7 Å². The zero-order chi connectivity index (χ0) is 20.4. The summed E-state index contributed by atoms with van der Waals surface area (Å²) >= 11 is 0. The summed E-state index contributed by atoms with van der Waals surface area (Å²) in [5.74, 6) is -1.45. The van der Waals surface area contributed by atoms with Crippen molar-refractivity contribution in [1.82, 2.24) is 9.80 Å². The maximum absolute atomic E-state index is 13.2. The topological polar surface area (TPSA) is 66.9 Å². The highest BCUT2D eigenvalue weighted by atomic mass is 16.5. The van der Waals surface area contributed by atoms with E-state index in [-0.39, 0.29) is 30.3 Å². The Kier molecular flexibility index (Phi) is 5.45. The van der Waals surface area contributed by atoms with Crippen LogP contribution in [0.1, 0.15) is 24.1 Å². The summed E-state index contributed by atoms with van der Waals surface area (Å²) < 4.78 is 5.19. The van der Waals surface area contributed by atoms with Crippen LogP contribution in [0.2, 0.25) is 0 Å². The van der Waals surface area contributed by atoms with Crippen molar-refractivity contribution in [2.24, 2.45) is 11.8 Å². The molecule has 0 unspecified atom stereocenters. The van der Waals surface area contributed by atoms with Gasteiger partial charge in [-0.3, -0.25) is 24.2 Å². The predicted octanol–water partition coefficient (Wildman–Crippen LogP) is 2.41. The molecule has 29 heavy (non-hydrogen) atoms. The predicted molar refractivity (Wildman–Crippen MR) is 106 cm³/mol. The lowest BCUT2D eigenvalue weighted by atomic mass is 10.00. The smallest absolute Gasteiger partial charge is 0.302 e. The third-order valence-corrected chi connectivity index (χ3v) is 5.69. The van der Waals surface area contributed by atoms with Gasteiger partial charge < -0.3 is 4.74 Å². The molecule has 0 spiro atoms. The molecule has 0 saturated carbocycles. The third-order valence-electron chi connectivity index (χ3n) is 5.69. The minimum atomic E-state index is -0.590. The van der Waals surface area contributed by atoms with E-state index in [0.717, 1.165) is 12.1 Å². The number of esters is 1. The molecule has 0 N–H and O–H groups in total. The lowest BCUT2D eigenvalue weighted by molar-refractivity contribution is -0.151. The van der Waals surface area contributed by atoms with E-state index < -0.39 is 12.0 Å². The Labute approximate surface area is 170 Å². The number of carbonyl (C=O) groups excluding carboxylic acids is 3. The summed E-state index contributed by atoms with van der Waals surface area (Å²) in [6.45, 7) is 3.16. The van der Waals surface area contributed by atoms with Gasteiger partial charge in [-0.05, 0) is 11.1 Å². The van der Waals surface area contributed by atoms with Crippen LogP contribution in [-0.4, -0.2) is 47.3 Å². The summed E-state index contributed by atoms with van der Waals surface area (Å²) in [6, 6.07) is 18.7. The SMILES string of the molecule is CC(=O)OC[C@H](c1ccccc1)N1C(=O)[C@H]2CN(Cc3ccccc3)C[C@H]2C1=O. The number of fused-ring (bicyclic) bond motifs is 1. The van der Waals surface area contributed by atoms with Crippen LogP contribution in [0.4, 0.5) is 0 Å². The van der Waals surface area contributed by atoms with Crippen molar-refractivity contribution in [3.05, 3.63) is 71.8 Å². The first kappa shape index (κ1) is 19.3. The number of amides is 2. The summed E-state index contributed by atoms with van der Waals surface area (Å²) in [5, 5.41) is 0. The fraction of sp³-hybridized carbons (Fsp3) is 0.348. The zero-order valence-electron chi connectivity index (χ0n) is 16.4. The van der Waals surface area contributed by atoms with E-state index in [2.05, 4.69) is 17.0 Å². The van der Waals surface area contributed by atoms with Gasteiger partial charge in [-0.2, -0.15) is 0 Å². The van der Waals surface area contributed by atoms with Crippen molar-refractivity contribution in [1.29, 1.82) is 0 Å². The molecule has 150 valence electrons. The second kappa shape index (κ2) is 8.17. The van der Waals surface area contributed by atoms with Crippen molar-refractivity contribution in [3.63, 3.8) is 0 Å². The van der Waals surface area contributed by atoms with Crippen LogP contribution in [0.25, 0.3) is 0 Å². The number of carbonyl (C=O) groups is 3. The molecule has 2 heterocycles. The van der Waals surface area contributed by atoms with Gasteiger partial charge >= 0.3 is 5.97 Å². The first-order valence-electron chi connectivity index (χ1n) is 9.86. The zero-order valence-corrected chi connectivity index (χ0v) is 16.4. The number of nitrogens with zero attached hydrogens (tertiary/aromatic N) is 2. The Balaban J connectivity index is 1.52. The number of imide groups is 1. The molecule has 2 amide bonds. The maximum Gasteiger partial charge on any atom is 0.302 e. The van der Waals surface area contributed by atoms with E-state index >= 15 is 0 Å². The summed E-state index contributed by atoms with van der Waals surface area (Å²) in [6.07, 6.45) is 0. The van der Waals surface area contributed by atoms with Gasteiger partial charge in [0.1, 0.15) is 6.61 Å². The van der Waals surface area contributed by atoms with Gasteiger partial charge in [0.25, 0.3) is 0 Å². The van der Waals surface area contributed by atoms with Gasteiger partial charge in [0.15, 0.2) is 0 Å². The van der Waals surface area contributed by atoms with E-state index in [1.54, 1.807) is 0 Å². The van der Waals surface area contributed by atoms with E-state index in [1.165, 1.54) is 17.4 Å².